The SMILES string of the molecule is CCC(CC)C(C(=[N+]=[N-])P(=O)(c1ccccc1)c1ccccc1)N1CCOCC1. The van der Waals surface area contributed by atoms with Crippen molar-refractivity contribution in [2.75, 3.05) is 26.3 Å². The topological polar surface area (TPSA) is 65.9 Å². The summed E-state index contributed by atoms with van der Waals surface area (Å²) in [6.07, 6.45) is 1.84. The molecule has 0 aliphatic carbocycles. The highest BCUT2D eigenvalue weighted by molar-refractivity contribution is 7.93. The van der Waals surface area contributed by atoms with Gasteiger partial charge in [-0.15, -0.1) is 0 Å². The molecule has 0 bridgehead atoms. The Balaban J connectivity index is 2.20. The van der Waals surface area contributed by atoms with Gasteiger partial charge in [-0.3, -0.25) is 4.90 Å². The van der Waals surface area contributed by atoms with Crippen LogP contribution in [0, 0.1) is 5.92 Å². The molecule has 0 N–H and O–H groups in total. The fourth-order valence-electron chi connectivity index (χ4n) is 4.26. The molecule has 1 fully saturated rings. The van der Waals surface area contributed by atoms with Gasteiger partial charge in [0.25, 0.3) is 0 Å². The Morgan fingerprint density at radius 2 is 1.48 bits per heavy atom. The third kappa shape index (κ3) is 4.44. The Bertz CT molecular complexity index is 828. The normalized spacial score (nSPS) is 16.4. The average Bonchev–Trinajstić information content (AvgIpc) is 2.80. The molecule has 0 aromatic heterocycles. The zero-order valence-electron chi connectivity index (χ0n) is 17.3. The molecule has 0 amide bonds. The monoisotopic (exact) mass is 411 g/mol. The van der Waals surface area contributed by atoms with Crippen LogP contribution in [0.3, 0.4) is 0 Å². The van der Waals surface area contributed by atoms with E-state index in [1.165, 1.54) is 0 Å². The second-order valence-electron chi connectivity index (χ2n) is 7.41. The smallest absolute Gasteiger partial charge is 0.349 e. The Morgan fingerprint density at radius 1 is 1.00 bits per heavy atom. The van der Waals surface area contributed by atoms with E-state index in [0.29, 0.717) is 29.3 Å². The van der Waals surface area contributed by atoms with E-state index in [1.807, 2.05) is 60.7 Å². The lowest BCUT2D eigenvalue weighted by Gasteiger charge is -2.37. The Labute approximate surface area is 173 Å². The van der Waals surface area contributed by atoms with Gasteiger partial charge >= 0.3 is 5.45 Å². The van der Waals surface area contributed by atoms with Crippen molar-refractivity contribution < 1.29 is 14.1 Å². The van der Waals surface area contributed by atoms with E-state index in [1.54, 1.807) is 0 Å². The fourth-order valence-corrected chi connectivity index (χ4v) is 7.14. The summed E-state index contributed by atoms with van der Waals surface area (Å²) in [4.78, 5) is 6.06. The van der Waals surface area contributed by atoms with Crippen LogP contribution in [0.5, 0.6) is 0 Å². The first kappa shape index (κ1) is 21.7. The highest BCUT2D eigenvalue weighted by atomic mass is 31.2. The largest absolute Gasteiger partial charge is 0.379 e. The molecule has 29 heavy (non-hydrogen) atoms. The summed E-state index contributed by atoms with van der Waals surface area (Å²) in [6, 6.07) is 18.7. The number of morpholine rings is 1. The predicted octanol–water partition coefficient (Wildman–Crippen LogP) is 3.77. The molecule has 1 heterocycles. The Kier molecular flexibility index (Phi) is 7.57. The molecule has 2 aromatic rings. The van der Waals surface area contributed by atoms with Gasteiger partial charge in [-0.25, -0.2) is 0 Å². The van der Waals surface area contributed by atoms with Gasteiger partial charge in [0.05, 0.1) is 13.2 Å². The number of rotatable bonds is 8. The van der Waals surface area contributed by atoms with Gasteiger partial charge in [0, 0.05) is 23.7 Å². The van der Waals surface area contributed by atoms with Crippen LogP contribution < -0.4 is 10.6 Å². The third-order valence-corrected chi connectivity index (χ3v) is 8.91. The van der Waals surface area contributed by atoms with Crippen LogP contribution in [-0.4, -0.2) is 47.5 Å². The predicted molar refractivity (Wildman–Crippen MR) is 119 cm³/mol. The van der Waals surface area contributed by atoms with Crippen molar-refractivity contribution in [1.29, 1.82) is 0 Å². The molecule has 5 nitrogen and oxygen atoms in total. The maximum absolute atomic E-state index is 14.8. The van der Waals surface area contributed by atoms with E-state index in [2.05, 4.69) is 23.5 Å². The van der Waals surface area contributed by atoms with Crippen molar-refractivity contribution >= 4 is 23.2 Å². The number of benzene rings is 2. The zero-order chi connectivity index (χ0) is 20.7. The van der Waals surface area contributed by atoms with Crippen LogP contribution in [0.15, 0.2) is 60.7 Å². The van der Waals surface area contributed by atoms with Crippen LogP contribution in [0.4, 0.5) is 0 Å². The summed E-state index contributed by atoms with van der Waals surface area (Å²) in [7, 11) is -3.32. The molecule has 6 heteroatoms. The first-order chi connectivity index (χ1) is 14.2. The minimum Gasteiger partial charge on any atom is -0.379 e. The first-order valence-electron chi connectivity index (χ1n) is 10.4. The van der Waals surface area contributed by atoms with Crippen molar-refractivity contribution in [3.05, 3.63) is 66.2 Å². The van der Waals surface area contributed by atoms with Crippen LogP contribution >= 0.6 is 7.14 Å². The van der Waals surface area contributed by atoms with E-state index in [-0.39, 0.29) is 12.0 Å². The molecule has 1 aliphatic heterocycles. The van der Waals surface area contributed by atoms with Gasteiger partial charge < -0.3 is 14.8 Å². The highest BCUT2D eigenvalue weighted by Gasteiger charge is 2.49. The molecule has 1 saturated heterocycles. The summed E-state index contributed by atoms with van der Waals surface area (Å²) >= 11 is 0. The quantitative estimate of drug-likeness (QED) is 0.287. The van der Waals surface area contributed by atoms with Crippen molar-refractivity contribution in [2.24, 2.45) is 5.92 Å². The van der Waals surface area contributed by atoms with Crippen LogP contribution in [0.25, 0.3) is 5.53 Å². The van der Waals surface area contributed by atoms with Gasteiger partial charge in [-0.2, -0.15) is 4.79 Å². The van der Waals surface area contributed by atoms with E-state index in [9.17, 15) is 10.1 Å². The van der Waals surface area contributed by atoms with E-state index < -0.39 is 7.14 Å². The number of nitrogens with zero attached hydrogens (tertiary/aromatic N) is 3. The summed E-state index contributed by atoms with van der Waals surface area (Å²) in [5.41, 5.74) is 10.7. The Hall–Kier alpha value is -2.03. The second-order valence-corrected chi connectivity index (χ2v) is 10.1. The average molecular weight is 411 g/mol. The third-order valence-electron chi connectivity index (χ3n) is 5.86. The molecule has 1 aliphatic rings. The minimum absolute atomic E-state index is 0.204. The molecule has 0 radical (unpaired) electrons. The molecule has 0 spiro atoms. The molecule has 3 rings (SSSR count). The van der Waals surface area contributed by atoms with Crippen molar-refractivity contribution in [1.82, 2.24) is 4.90 Å². The maximum atomic E-state index is 14.8. The van der Waals surface area contributed by atoms with Crippen molar-refractivity contribution in [3.8, 4) is 0 Å². The summed E-state index contributed by atoms with van der Waals surface area (Å²) in [5.74, 6) is 0.236. The molecule has 154 valence electrons. The van der Waals surface area contributed by atoms with E-state index >= 15 is 0 Å². The lowest BCUT2D eigenvalue weighted by atomic mass is 9.93. The van der Waals surface area contributed by atoms with Gasteiger partial charge in [-0.05, 0) is 5.92 Å². The fraction of sp³-hybridized carbons (Fsp3) is 0.435. The van der Waals surface area contributed by atoms with Crippen molar-refractivity contribution in [3.63, 3.8) is 0 Å². The number of hydrogen-bond donors (Lipinski definition) is 0. The van der Waals surface area contributed by atoms with Gasteiger partial charge in [-0.1, -0.05) is 87.4 Å². The standard InChI is InChI=1S/C23H30N3O2P/c1-3-19(4-2)22(26-15-17-28-18-16-26)23(25-24)29(27,20-11-7-5-8-12-20)21-13-9-6-10-14-21/h5-14,19,22H,3-4,15-18H2,1-2H3. The summed E-state index contributed by atoms with van der Waals surface area (Å²) in [6.45, 7) is 7.04. The highest BCUT2D eigenvalue weighted by Crippen LogP contribution is 2.47. The van der Waals surface area contributed by atoms with Crippen LogP contribution in [-0.2, 0) is 9.30 Å². The van der Waals surface area contributed by atoms with E-state index in [4.69, 9.17) is 4.74 Å². The minimum atomic E-state index is -3.32. The Morgan fingerprint density at radius 3 is 1.90 bits per heavy atom. The lowest BCUT2D eigenvalue weighted by molar-refractivity contribution is -0.0284. The van der Waals surface area contributed by atoms with Crippen molar-refractivity contribution in [2.45, 2.75) is 32.7 Å². The zero-order valence-corrected chi connectivity index (χ0v) is 18.2. The van der Waals surface area contributed by atoms with Gasteiger partial charge in [0.2, 0.25) is 7.14 Å². The van der Waals surface area contributed by atoms with E-state index in [0.717, 1.165) is 25.9 Å². The molecule has 1 unspecified atom stereocenters. The van der Waals surface area contributed by atoms with Crippen LogP contribution in [0.1, 0.15) is 26.7 Å². The number of hydrogen-bond acceptors (Lipinski definition) is 3. The van der Waals surface area contributed by atoms with Crippen LogP contribution in [0.2, 0.25) is 0 Å². The molecular weight excluding hydrogens is 381 g/mol. The molecule has 1 atom stereocenters. The first-order valence-corrected chi connectivity index (χ1v) is 12.1. The molecule has 2 aromatic carbocycles. The maximum Gasteiger partial charge on any atom is 0.349 e. The van der Waals surface area contributed by atoms with Gasteiger partial charge in [0.1, 0.15) is 6.04 Å². The molecule has 0 saturated carbocycles. The molecular formula is C23H30N3O2P. The number of ether oxygens (including phenoxy) is 1. The summed E-state index contributed by atoms with van der Waals surface area (Å²) in [5, 5.41) is 1.39. The summed E-state index contributed by atoms with van der Waals surface area (Å²) < 4.78 is 20.4. The lowest BCUT2D eigenvalue weighted by Crippen LogP contribution is -2.52. The van der Waals surface area contributed by atoms with Gasteiger partial charge in [0.15, 0.2) is 0 Å². The second kappa shape index (κ2) is 10.1.